The van der Waals surface area contributed by atoms with Gasteiger partial charge in [-0.15, -0.1) is 5.10 Å². The third-order valence-electron chi connectivity index (χ3n) is 5.02. The molecule has 31 heavy (non-hydrogen) atoms. The van der Waals surface area contributed by atoms with Gasteiger partial charge < -0.3 is 10.2 Å². The van der Waals surface area contributed by atoms with Crippen LogP contribution in [-0.4, -0.2) is 85.8 Å². The number of tetrazole rings is 1. The van der Waals surface area contributed by atoms with Crippen molar-refractivity contribution in [2.45, 2.75) is 45.3 Å². The lowest BCUT2D eigenvalue weighted by atomic mass is 10.1. The molecule has 1 aliphatic rings. The third-order valence-corrected chi connectivity index (χ3v) is 5.93. The number of piperazine rings is 1. The Balaban J connectivity index is 1.51. The minimum Gasteiger partial charge on any atom is -0.350 e. The monoisotopic (exact) mass is 445 g/mol. The fourth-order valence-corrected chi connectivity index (χ4v) is 4.36. The molecule has 0 aliphatic carbocycles. The second-order valence-corrected chi connectivity index (χ2v) is 9.80. The van der Waals surface area contributed by atoms with Crippen molar-refractivity contribution in [2.24, 2.45) is 0 Å². The number of nitrogens with one attached hydrogen (secondary N) is 1. The first-order valence-corrected chi connectivity index (χ1v) is 11.4. The summed E-state index contributed by atoms with van der Waals surface area (Å²) in [6.07, 6.45) is 0. The number of rotatable bonds is 6. The summed E-state index contributed by atoms with van der Waals surface area (Å²) >= 11 is 1.34. The van der Waals surface area contributed by atoms with Gasteiger partial charge in [0, 0.05) is 31.7 Å². The third kappa shape index (κ3) is 6.27. The van der Waals surface area contributed by atoms with Crippen LogP contribution >= 0.6 is 11.8 Å². The van der Waals surface area contributed by atoms with Gasteiger partial charge in [-0.25, -0.2) is 0 Å². The number of hydrogen-bond donors (Lipinski definition) is 1. The van der Waals surface area contributed by atoms with Crippen LogP contribution in [0.3, 0.4) is 0 Å². The van der Waals surface area contributed by atoms with Gasteiger partial charge in [0.25, 0.3) is 0 Å². The Morgan fingerprint density at radius 3 is 2.35 bits per heavy atom. The summed E-state index contributed by atoms with van der Waals surface area (Å²) in [6.45, 7) is 12.9. The Morgan fingerprint density at radius 1 is 1.10 bits per heavy atom. The van der Waals surface area contributed by atoms with Gasteiger partial charge in [-0.3, -0.25) is 14.5 Å². The van der Waals surface area contributed by atoms with Gasteiger partial charge in [0.2, 0.25) is 17.0 Å². The lowest BCUT2D eigenvalue weighted by Crippen LogP contribution is -2.53. The van der Waals surface area contributed by atoms with E-state index in [0.717, 1.165) is 16.8 Å². The molecule has 10 heteroatoms. The number of amides is 2. The van der Waals surface area contributed by atoms with Crippen molar-refractivity contribution in [2.75, 3.05) is 38.5 Å². The number of aryl methyl sites for hydroxylation is 2. The van der Waals surface area contributed by atoms with Crippen molar-refractivity contribution in [3.05, 3.63) is 29.3 Å². The Bertz CT molecular complexity index is 910. The lowest BCUT2D eigenvalue weighted by Gasteiger charge is -2.34. The van der Waals surface area contributed by atoms with E-state index in [0.29, 0.717) is 37.9 Å². The van der Waals surface area contributed by atoms with Crippen molar-refractivity contribution in [3.63, 3.8) is 0 Å². The molecule has 2 amide bonds. The molecule has 0 saturated carbocycles. The second kappa shape index (κ2) is 9.78. The molecule has 0 radical (unpaired) electrons. The van der Waals surface area contributed by atoms with Gasteiger partial charge in [-0.1, -0.05) is 30.0 Å². The Morgan fingerprint density at radius 2 is 1.74 bits per heavy atom. The number of carbonyl (C=O) groups is 2. The highest BCUT2D eigenvalue weighted by molar-refractivity contribution is 7.99. The van der Waals surface area contributed by atoms with Gasteiger partial charge in [0.05, 0.1) is 18.0 Å². The summed E-state index contributed by atoms with van der Waals surface area (Å²) in [6, 6.07) is 6.04. The minimum absolute atomic E-state index is 0.0150. The van der Waals surface area contributed by atoms with Crippen LogP contribution in [0.15, 0.2) is 23.4 Å². The molecular weight excluding hydrogens is 414 g/mol. The number of nitrogens with zero attached hydrogens (tertiary/aromatic N) is 6. The second-order valence-electron chi connectivity index (χ2n) is 8.86. The van der Waals surface area contributed by atoms with Crippen LogP contribution in [0.1, 0.15) is 31.9 Å². The van der Waals surface area contributed by atoms with E-state index in [2.05, 4.69) is 25.7 Å². The van der Waals surface area contributed by atoms with E-state index < -0.39 is 0 Å². The van der Waals surface area contributed by atoms with Crippen molar-refractivity contribution in [1.82, 2.24) is 35.3 Å². The highest BCUT2D eigenvalue weighted by atomic mass is 32.2. The molecular formula is C21H31N7O2S. The van der Waals surface area contributed by atoms with Crippen LogP contribution < -0.4 is 5.32 Å². The first-order chi connectivity index (χ1) is 14.6. The van der Waals surface area contributed by atoms with Crippen LogP contribution in [-0.2, 0) is 9.59 Å². The fourth-order valence-electron chi connectivity index (χ4n) is 3.58. The van der Waals surface area contributed by atoms with Crippen LogP contribution in [0.25, 0.3) is 5.69 Å². The largest absolute Gasteiger partial charge is 0.350 e. The summed E-state index contributed by atoms with van der Waals surface area (Å²) in [5.41, 5.74) is 2.86. The van der Waals surface area contributed by atoms with E-state index in [1.165, 1.54) is 11.8 Å². The normalized spacial score (nSPS) is 15.2. The molecule has 1 aromatic carbocycles. The van der Waals surface area contributed by atoms with E-state index in [4.69, 9.17) is 0 Å². The van der Waals surface area contributed by atoms with E-state index in [9.17, 15) is 9.59 Å². The molecule has 168 valence electrons. The summed E-state index contributed by atoms with van der Waals surface area (Å²) in [5, 5.41) is 15.6. The molecule has 2 aromatic rings. The van der Waals surface area contributed by atoms with E-state index in [-0.39, 0.29) is 23.1 Å². The topological polar surface area (TPSA) is 96.2 Å². The first-order valence-electron chi connectivity index (χ1n) is 10.4. The van der Waals surface area contributed by atoms with E-state index in [1.807, 2.05) is 57.7 Å². The van der Waals surface area contributed by atoms with Gasteiger partial charge in [-0.05, 0) is 56.2 Å². The van der Waals surface area contributed by atoms with Crippen molar-refractivity contribution in [1.29, 1.82) is 0 Å². The summed E-state index contributed by atoms with van der Waals surface area (Å²) in [7, 11) is 0. The zero-order valence-corrected chi connectivity index (χ0v) is 19.7. The Hall–Kier alpha value is -2.46. The number of para-hydroxylation sites is 1. The molecule has 2 heterocycles. The molecule has 1 aliphatic heterocycles. The van der Waals surface area contributed by atoms with Gasteiger partial charge in [-0.2, -0.15) is 4.68 Å². The van der Waals surface area contributed by atoms with Crippen LogP contribution in [0.4, 0.5) is 0 Å². The fraction of sp³-hybridized carbons (Fsp3) is 0.571. The summed E-state index contributed by atoms with van der Waals surface area (Å²) in [4.78, 5) is 28.8. The molecule has 0 unspecified atom stereocenters. The standard InChI is InChI=1S/C21H31N7O2S/c1-15-7-6-8-16(2)19(15)28-20(23-24-25-28)31-14-18(30)27-11-9-26(10-12-27)13-17(29)22-21(3,4)5/h6-8H,9-14H2,1-5H3,(H,22,29). The molecule has 0 atom stereocenters. The highest BCUT2D eigenvalue weighted by Gasteiger charge is 2.24. The maximum atomic E-state index is 12.7. The number of aromatic nitrogens is 4. The number of hydrogen-bond acceptors (Lipinski definition) is 7. The number of benzene rings is 1. The quantitative estimate of drug-likeness (QED) is 0.672. The maximum absolute atomic E-state index is 12.7. The SMILES string of the molecule is Cc1cccc(C)c1-n1nnnc1SCC(=O)N1CCN(CC(=O)NC(C)(C)C)CC1. The van der Waals surface area contributed by atoms with Gasteiger partial charge in [0.1, 0.15) is 0 Å². The highest BCUT2D eigenvalue weighted by Crippen LogP contribution is 2.23. The average Bonchev–Trinajstić information content (AvgIpc) is 3.13. The molecule has 9 nitrogen and oxygen atoms in total. The molecule has 3 rings (SSSR count). The van der Waals surface area contributed by atoms with E-state index >= 15 is 0 Å². The summed E-state index contributed by atoms with van der Waals surface area (Å²) < 4.78 is 1.70. The zero-order chi connectivity index (χ0) is 22.6. The summed E-state index contributed by atoms with van der Waals surface area (Å²) in [5.74, 6) is 0.344. The first kappa shape index (κ1) is 23.2. The molecule has 0 spiro atoms. The molecule has 1 N–H and O–H groups in total. The Kier molecular flexibility index (Phi) is 7.32. The average molecular weight is 446 g/mol. The van der Waals surface area contributed by atoms with Crippen molar-refractivity contribution >= 4 is 23.6 Å². The maximum Gasteiger partial charge on any atom is 0.234 e. The Labute approximate surface area is 187 Å². The van der Waals surface area contributed by atoms with Crippen LogP contribution in [0.5, 0.6) is 0 Å². The zero-order valence-electron chi connectivity index (χ0n) is 18.9. The van der Waals surface area contributed by atoms with Crippen molar-refractivity contribution in [3.8, 4) is 5.69 Å². The van der Waals surface area contributed by atoms with Crippen molar-refractivity contribution < 1.29 is 9.59 Å². The molecule has 1 fully saturated rings. The lowest BCUT2D eigenvalue weighted by molar-refractivity contribution is -0.130. The predicted octanol–water partition coefficient (Wildman–Crippen LogP) is 1.43. The molecule has 1 aromatic heterocycles. The predicted molar refractivity (Wildman–Crippen MR) is 120 cm³/mol. The van der Waals surface area contributed by atoms with Crippen LogP contribution in [0.2, 0.25) is 0 Å². The molecule has 0 bridgehead atoms. The van der Waals surface area contributed by atoms with Gasteiger partial charge in [0.15, 0.2) is 0 Å². The number of carbonyl (C=O) groups excluding carboxylic acids is 2. The molecule has 1 saturated heterocycles. The van der Waals surface area contributed by atoms with Crippen LogP contribution in [0, 0.1) is 13.8 Å². The smallest absolute Gasteiger partial charge is 0.234 e. The minimum atomic E-state index is -0.238. The van der Waals surface area contributed by atoms with E-state index in [1.54, 1.807) is 4.68 Å². The van der Waals surface area contributed by atoms with Gasteiger partial charge >= 0.3 is 0 Å². The number of thioether (sulfide) groups is 1.